The number of aryl methyl sites for hydroxylation is 1. The molecule has 0 aliphatic heterocycles. The quantitative estimate of drug-likeness (QED) is 0.388. The molecular weight excluding hydrogens is 474 g/mol. The molecule has 0 spiro atoms. The lowest BCUT2D eigenvalue weighted by Gasteiger charge is -2.11. The van der Waals surface area contributed by atoms with Crippen LogP contribution in [0.25, 0.3) is 5.82 Å². The normalized spacial score (nSPS) is 11.4. The molecule has 1 amide bonds. The lowest BCUT2D eigenvalue weighted by atomic mass is 10.2. The topological polar surface area (TPSA) is 106 Å². The molecule has 0 unspecified atom stereocenters. The van der Waals surface area contributed by atoms with Crippen molar-refractivity contribution in [2.45, 2.75) is 24.9 Å². The molecule has 0 atom stereocenters. The Bertz CT molecular complexity index is 1420. The van der Waals surface area contributed by atoms with E-state index in [0.717, 1.165) is 17.0 Å². The van der Waals surface area contributed by atoms with Crippen LogP contribution in [0.1, 0.15) is 27.3 Å². The number of nitrogens with zero attached hydrogens (tertiary/aromatic N) is 3. The van der Waals surface area contributed by atoms with Crippen LogP contribution in [-0.2, 0) is 23.1 Å². The first-order chi connectivity index (χ1) is 16.3. The maximum atomic E-state index is 12.8. The van der Waals surface area contributed by atoms with E-state index in [9.17, 15) is 13.2 Å². The van der Waals surface area contributed by atoms with Gasteiger partial charge in [-0.3, -0.25) is 9.36 Å². The molecule has 10 heteroatoms. The third-order valence-corrected chi connectivity index (χ3v) is 7.01. The molecule has 2 aromatic carbocycles. The fourth-order valence-electron chi connectivity index (χ4n) is 3.31. The number of carbonyl (C=O) groups is 1. The molecule has 0 bridgehead atoms. The minimum Gasteiger partial charge on any atom is -0.348 e. The minimum absolute atomic E-state index is 0.0339. The summed E-state index contributed by atoms with van der Waals surface area (Å²) in [4.78, 5) is 21.1. The van der Waals surface area contributed by atoms with Crippen LogP contribution in [0.15, 0.2) is 84.1 Å². The zero-order valence-electron chi connectivity index (χ0n) is 18.3. The molecule has 174 valence electrons. The van der Waals surface area contributed by atoms with Gasteiger partial charge in [-0.1, -0.05) is 41.9 Å². The van der Waals surface area contributed by atoms with Gasteiger partial charge >= 0.3 is 0 Å². The van der Waals surface area contributed by atoms with Crippen LogP contribution in [0.4, 0.5) is 0 Å². The Morgan fingerprint density at radius 1 is 0.971 bits per heavy atom. The first kappa shape index (κ1) is 23.6. The van der Waals surface area contributed by atoms with Crippen LogP contribution < -0.4 is 10.0 Å². The SMILES string of the molecule is Cc1nccn1-c1cc(CNC(=O)c2ccc(Cl)c(S(=O)(=O)NCc3ccccc3)c2)ccn1. The molecule has 0 saturated carbocycles. The highest BCUT2D eigenvalue weighted by Crippen LogP contribution is 2.23. The number of hydrogen-bond donors (Lipinski definition) is 2. The van der Waals surface area contributed by atoms with E-state index in [4.69, 9.17) is 11.6 Å². The molecule has 0 aliphatic rings. The Morgan fingerprint density at radius 2 is 1.76 bits per heavy atom. The Balaban J connectivity index is 1.46. The summed E-state index contributed by atoms with van der Waals surface area (Å²) in [6.45, 7) is 2.22. The van der Waals surface area contributed by atoms with Crippen LogP contribution in [-0.4, -0.2) is 28.9 Å². The second kappa shape index (κ2) is 10.2. The fraction of sp³-hybridized carbons (Fsp3) is 0.125. The maximum absolute atomic E-state index is 12.8. The van der Waals surface area contributed by atoms with Gasteiger partial charge in [0.15, 0.2) is 0 Å². The second-order valence-corrected chi connectivity index (χ2v) is 9.65. The van der Waals surface area contributed by atoms with E-state index in [2.05, 4.69) is 20.0 Å². The van der Waals surface area contributed by atoms with Crippen molar-refractivity contribution in [3.8, 4) is 5.82 Å². The van der Waals surface area contributed by atoms with E-state index in [0.29, 0.717) is 5.82 Å². The van der Waals surface area contributed by atoms with E-state index in [-0.39, 0.29) is 28.6 Å². The largest absolute Gasteiger partial charge is 0.348 e. The molecule has 2 aromatic heterocycles. The third kappa shape index (κ3) is 5.51. The van der Waals surface area contributed by atoms with Gasteiger partial charge in [0.05, 0.1) is 5.02 Å². The lowest BCUT2D eigenvalue weighted by molar-refractivity contribution is 0.0950. The Hall–Kier alpha value is -3.53. The van der Waals surface area contributed by atoms with Crippen molar-refractivity contribution < 1.29 is 13.2 Å². The predicted molar refractivity (Wildman–Crippen MR) is 129 cm³/mol. The second-order valence-electron chi connectivity index (χ2n) is 7.50. The van der Waals surface area contributed by atoms with Gasteiger partial charge in [0.25, 0.3) is 5.91 Å². The first-order valence-electron chi connectivity index (χ1n) is 10.4. The third-order valence-electron chi connectivity index (χ3n) is 5.13. The van der Waals surface area contributed by atoms with Crippen LogP contribution in [0.3, 0.4) is 0 Å². The van der Waals surface area contributed by atoms with Gasteiger partial charge in [-0.25, -0.2) is 23.1 Å². The summed E-state index contributed by atoms with van der Waals surface area (Å²) in [5.41, 5.74) is 1.82. The minimum atomic E-state index is -3.93. The number of pyridine rings is 1. The molecule has 8 nitrogen and oxygen atoms in total. The molecule has 0 aliphatic carbocycles. The lowest BCUT2D eigenvalue weighted by Crippen LogP contribution is -2.26. The molecule has 2 heterocycles. The van der Waals surface area contributed by atoms with Gasteiger partial charge in [0, 0.05) is 37.2 Å². The number of carbonyl (C=O) groups excluding carboxylic acids is 1. The summed E-state index contributed by atoms with van der Waals surface area (Å²) in [7, 11) is -3.93. The monoisotopic (exact) mass is 495 g/mol. The molecular formula is C24H22ClN5O3S. The van der Waals surface area contributed by atoms with Crippen LogP contribution in [0.5, 0.6) is 0 Å². The summed E-state index contributed by atoms with van der Waals surface area (Å²) in [5.74, 6) is 1.06. The number of halogens is 1. The van der Waals surface area contributed by atoms with Crippen molar-refractivity contribution in [1.29, 1.82) is 0 Å². The molecule has 4 rings (SSSR count). The van der Waals surface area contributed by atoms with Crippen molar-refractivity contribution >= 4 is 27.5 Å². The van der Waals surface area contributed by atoms with Crippen molar-refractivity contribution in [2.75, 3.05) is 0 Å². The maximum Gasteiger partial charge on any atom is 0.251 e. The van der Waals surface area contributed by atoms with Gasteiger partial charge in [-0.15, -0.1) is 0 Å². The number of imidazole rings is 1. The molecule has 0 radical (unpaired) electrons. The van der Waals surface area contributed by atoms with Gasteiger partial charge in [-0.2, -0.15) is 0 Å². The van der Waals surface area contributed by atoms with E-state index >= 15 is 0 Å². The van der Waals surface area contributed by atoms with Gasteiger partial charge in [0.2, 0.25) is 10.0 Å². The zero-order chi connectivity index (χ0) is 24.1. The number of sulfonamides is 1. The summed E-state index contributed by atoms with van der Waals surface area (Å²) in [6, 6.07) is 16.9. The highest BCUT2D eigenvalue weighted by atomic mass is 35.5. The predicted octanol–water partition coefficient (Wildman–Crippen LogP) is 3.64. The van der Waals surface area contributed by atoms with Crippen molar-refractivity contribution in [1.82, 2.24) is 24.6 Å². The molecule has 34 heavy (non-hydrogen) atoms. The van der Waals surface area contributed by atoms with E-state index in [1.165, 1.54) is 18.2 Å². The number of amides is 1. The molecule has 4 aromatic rings. The van der Waals surface area contributed by atoms with Crippen LogP contribution >= 0.6 is 11.6 Å². The van der Waals surface area contributed by atoms with E-state index in [1.807, 2.05) is 54.1 Å². The molecule has 2 N–H and O–H groups in total. The first-order valence-corrected chi connectivity index (χ1v) is 12.3. The highest BCUT2D eigenvalue weighted by Gasteiger charge is 2.20. The summed E-state index contributed by atoms with van der Waals surface area (Å²) >= 11 is 6.15. The number of rotatable bonds is 8. The average molecular weight is 496 g/mol. The van der Waals surface area contributed by atoms with Gasteiger partial charge in [-0.05, 0) is 48.4 Å². The van der Waals surface area contributed by atoms with Gasteiger partial charge in [0.1, 0.15) is 16.5 Å². The standard InChI is InChI=1S/C24H22ClN5O3S/c1-17-26-11-12-30(17)23-13-19(9-10-27-23)15-28-24(31)20-7-8-21(25)22(14-20)34(32,33)29-16-18-5-3-2-4-6-18/h2-14,29H,15-16H2,1H3,(H,28,31). The number of hydrogen-bond acceptors (Lipinski definition) is 5. The Morgan fingerprint density at radius 3 is 2.50 bits per heavy atom. The summed E-state index contributed by atoms with van der Waals surface area (Å²) in [6.07, 6.45) is 5.15. The summed E-state index contributed by atoms with van der Waals surface area (Å²) in [5, 5.41) is 2.84. The summed E-state index contributed by atoms with van der Waals surface area (Å²) < 4.78 is 30.0. The smallest absolute Gasteiger partial charge is 0.251 e. The van der Waals surface area contributed by atoms with E-state index in [1.54, 1.807) is 18.5 Å². The van der Waals surface area contributed by atoms with E-state index < -0.39 is 15.9 Å². The van der Waals surface area contributed by atoms with Crippen LogP contribution in [0, 0.1) is 6.92 Å². The Labute approximate surface area is 202 Å². The average Bonchev–Trinajstić information content (AvgIpc) is 3.28. The van der Waals surface area contributed by atoms with Crippen molar-refractivity contribution in [3.05, 3.63) is 107 Å². The molecule has 0 fully saturated rings. The van der Waals surface area contributed by atoms with Crippen molar-refractivity contribution in [2.24, 2.45) is 0 Å². The highest BCUT2D eigenvalue weighted by molar-refractivity contribution is 7.89. The van der Waals surface area contributed by atoms with Gasteiger partial charge < -0.3 is 5.32 Å². The number of nitrogens with one attached hydrogen (secondary N) is 2. The number of benzene rings is 2. The zero-order valence-corrected chi connectivity index (χ0v) is 19.8. The number of aromatic nitrogens is 3. The fourth-order valence-corrected chi connectivity index (χ4v) is 4.85. The molecule has 0 saturated heterocycles. The Kier molecular flexibility index (Phi) is 7.06. The van der Waals surface area contributed by atoms with Crippen molar-refractivity contribution in [3.63, 3.8) is 0 Å². The van der Waals surface area contributed by atoms with Crippen LogP contribution in [0.2, 0.25) is 5.02 Å².